The number of piperidine rings is 2. The Labute approximate surface area is 181 Å². The van der Waals surface area contributed by atoms with Crippen LogP contribution in [0.25, 0.3) is 0 Å². The van der Waals surface area contributed by atoms with E-state index in [0.29, 0.717) is 9.80 Å². The van der Waals surface area contributed by atoms with Crippen molar-refractivity contribution in [1.82, 2.24) is 15.1 Å². The number of amides is 4. The molecule has 1 aromatic rings. The van der Waals surface area contributed by atoms with Gasteiger partial charge in [-0.2, -0.15) is 0 Å². The van der Waals surface area contributed by atoms with Crippen molar-refractivity contribution < 1.29 is 30.1 Å². The van der Waals surface area contributed by atoms with Crippen LogP contribution in [0.4, 0.5) is 0 Å². The highest BCUT2D eigenvalue weighted by atomic mass is 16.2. The Bertz CT molecular complexity index is 1200. The number of likely N-dealkylation sites (tertiary alicyclic amines) is 1. The smallest absolute Gasteiger partial charge is 0.262 e. The Morgan fingerprint density at radius 2 is 1.69 bits per heavy atom. The molecule has 3 heterocycles. The lowest BCUT2D eigenvalue weighted by Gasteiger charge is -2.41. The van der Waals surface area contributed by atoms with E-state index in [1.807, 2.05) is 0 Å². The molecule has 0 aliphatic carbocycles. The van der Waals surface area contributed by atoms with E-state index in [1.165, 1.54) is 32.9 Å². The molecule has 0 spiro atoms. The second-order valence-electron chi connectivity index (χ2n) is 8.20. The molecule has 3 aliphatic heterocycles. The Morgan fingerprint density at radius 3 is 2.31 bits per heavy atom. The fourth-order valence-corrected chi connectivity index (χ4v) is 3.49. The van der Waals surface area contributed by atoms with Crippen LogP contribution in [-0.4, -0.2) is 58.0 Å². The van der Waals surface area contributed by atoms with Crippen molar-refractivity contribution in [3.05, 3.63) is 34.9 Å². The van der Waals surface area contributed by atoms with Gasteiger partial charge in [-0.1, -0.05) is 6.07 Å². The molecule has 2 fully saturated rings. The van der Waals surface area contributed by atoms with Crippen LogP contribution in [0.3, 0.4) is 0 Å². The lowest BCUT2D eigenvalue weighted by atomic mass is 9.86. The molecule has 0 aromatic heterocycles. The molecule has 0 unspecified atom stereocenters. The zero-order chi connectivity index (χ0) is 28.1. The highest BCUT2D eigenvalue weighted by molar-refractivity contribution is 6.23. The minimum absolute atomic E-state index is 0.0697. The van der Waals surface area contributed by atoms with Gasteiger partial charge < -0.3 is 0 Å². The summed E-state index contributed by atoms with van der Waals surface area (Å²) < 4.78 is 69.2. The molecule has 3 aliphatic rings. The molecule has 1 atom stereocenters. The first kappa shape index (κ1) is 12.2. The van der Waals surface area contributed by atoms with Crippen molar-refractivity contribution in [2.45, 2.75) is 63.9 Å². The van der Waals surface area contributed by atoms with Gasteiger partial charge >= 0.3 is 0 Å². The Kier molecular flexibility index (Phi) is 2.97. The maximum absolute atomic E-state index is 13.2. The van der Waals surface area contributed by atoms with Crippen molar-refractivity contribution in [3.63, 3.8) is 0 Å². The van der Waals surface area contributed by atoms with E-state index in [-0.39, 0.29) is 29.5 Å². The van der Waals surface area contributed by atoms with Gasteiger partial charge in [-0.05, 0) is 76.5 Å². The fourth-order valence-electron chi connectivity index (χ4n) is 3.49. The molecule has 0 radical (unpaired) electrons. The number of carbonyl (C=O) groups excluding carboxylic acids is 4. The zero-order valence-corrected chi connectivity index (χ0v) is 16.3. The van der Waals surface area contributed by atoms with Crippen molar-refractivity contribution in [2.75, 3.05) is 13.0 Å². The Hall–Kier alpha value is -2.54. The van der Waals surface area contributed by atoms with Crippen LogP contribution in [0, 0.1) is 0 Å². The molecule has 29 heavy (non-hydrogen) atoms. The number of fused-ring (bicyclic) bond motifs is 1. The van der Waals surface area contributed by atoms with E-state index < -0.39 is 66.9 Å². The average molecular weight is 406 g/mol. The maximum atomic E-state index is 13.2. The predicted octanol–water partition coefficient (Wildman–Crippen LogP) is 2.07. The van der Waals surface area contributed by atoms with E-state index in [2.05, 4.69) is 5.32 Å². The third kappa shape index (κ3) is 3.48. The second kappa shape index (κ2) is 7.06. The Morgan fingerprint density at radius 1 is 1.03 bits per heavy atom. The quantitative estimate of drug-likeness (QED) is 0.761. The molecule has 7 heteroatoms. The summed E-state index contributed by atoms with van der Waals surface area (Å²) in [4.78, 5) is 51.3. The maximum Gasteiger partial charge on any atom is 0.262 e. The van der Waals surface area contributed by atoms with Gasteiger partial charge in [-0.3, -0.25) is 34.3 Å². The molecular formula is C22H27N3O4. The molecule has 0 bridgehead atoms. The molecule has 1 aromatic carbocycles. The van der Waals surface area contributed by atoms with Gasteiger partial charge in [0, 0.05) is 22.9 Å². The number of imide groups is 2. The zero-order valence-electron chi connectivity index (χ0n) is 24.3. The summed E-state index contributed by atoms with van der Waals surface area (Å²) in [5.41, 5.74) is -1.86. The number of hydrogen-bond donors (Lipinski definition) is 1. The average Bonchev–Trinajstić information content (AvgIpc) is 2.95. The molecule has 4 rings (SSSR count). The molecular weight excluding hydrogens is 370 g/mol. The first-order chi connectivity index (χ1) is 16.7. The van der Waals surface area contributed by atoms with Crippen LogP contribution in [0.5, 0.6) is 0 Å². The minimum Gasteiger partial charge on any atom is -0.298 e. The van der Waals surface area contributed by atoms with Crippen molar-refractivity contribution >= 4 is 23.6 Å². The van der Waals surface area contributed by atoms with Crippen LogP contribution in [0.2, 0.25) is 0 Å². The summed E-state index contributed by atoms with van der Waals surface area (Å²) in [7, 11) is 0. The number of rotatable bonds is 2. The Balaban J connectivity index is 1.82. The third-order valence-corrected chi connectivity index (χ3v) is 5.11. The van der Waals surface area contributed by atoms with E-state index in [1.54, 1.807) is 0 Å². The number of nitrogens with one attached hydrogen (secondary N) is 1. The van der Waals surface area contributed by atoms with E-state index in [0.717, 1.165) is 6.07 Å². The van der Waals surface area contributed by atoms with Crippen LogP contribution < -0.4 is 5.32 Å². The predicted molar refractivity (Wildman–Crippen MR) is 106 cm³/mol. The second-order valence-corrected chi connectivity index (χ2v) is 8.20. The number of nitrogens with zero attached hydrogens (tertiary/aromatic N) is 2. The molecule has 0 saturated carbocycles. The third-order valence-electron chi connectivity index (χ3n) is 5.11. The normalized spacial score (nSPS) is 35.1. The van der Waals surface area contributed by atoms with Crippen molar-refractivity contribution in [3.8, 4) is 0 Å². The summed E-state index contributed by atoms with van der Waals surface area (Å²) in [6.45, 7) is -1.60. The van der Waals surface area contributed by atoms with Crippen LogP contribution >= 0.6 is 0 Å². The van der Waals surface area contributed by atoms with Gasteiger partial charge in [0.1, 0.15) is 6.04 Å². The lowest BCUT2D eigenvalue weighted by molar-refractivity contribution is -0.136. The highest BCUT2D eigenvalue weighted by Crippen LogP contribution is 2.34. The van der Waals surface area contributed by atoms with Crippen molar-refractivity contribution in [2.24, 2.45) is 0 Å². The van der Waals surface area contributed by atoms with Gasteiger partial charge in [-0.25, -0.2) is 0 Å². The van der Waals surface area contributed by atoms with Crippen molar-refractivity contribution in [1.29, 1.82) is 0 Å². The number of hydrogen-bond acceptors (Lipinski definition) is 5. The lowest BCUT2D eigenvalue weighted by Crippen LogP contribution is -2.54. The highest BCUT2D eigenvalue weighted by Gasteiger charge is 2.44. The van der Waals surface area contributed by atoms with E-state index >= 15 is 0 Å². The molecule has 154 valence electrons. The van der Waals surface area contributed by atoms with E-state index in [9.17, 15) is 19.2 Å². The fraction of sp³-hybridized carbons (Fsp3) is 0.545. The SMILES string of the molecule is [2H]C1([2H])C(c2ccc3c(c2)C(=O)N([C@H]2CCC(=O)NC2=O)C3=O)C([2H])([2H])C([2H])([2H])N(C(C)(C)C)C1([2H])[2H]. The summed E-state index contributed by atoms with van der Waals surface area (Å²) in [5, 5.41) is 2.08. The monoisotopic (exact) mass is 405 g/mol. The van der Waals surface area contributed by atoms with Crippen LogP contribution in [0.1, 0.15) is 89.5 Å². The van der Waals surface area contributed by atoms with Gasteiger partial charge in [0.25, 0.3) is 11.8 Å². The minimum atomic E-state index is -2.99. The van der Waals surface area contributed by atoms with Gasteiger partial charge in [0.2, 0.25) is 11.8 Å². The molecule has 2 saturated heterocycles. The van der Waals surface area contributed by atoms with Gasteiger partial charge in [-0.15, -0.1) is 0 Å². The summed E-state index contributed by atoms with van der Waals surface area (Å²) in [6, 6.07) is 2.19. The number of benzene rings is 1. The number of carbonyl (C=O) groups is 4. The largest absolute Gasteiger partial charge is 0.298 e. The summed E-state index contributed by atoms with van der Waals surface area (Å²) >= 11 is 0. The van der Waals surface area contributed by atoms with E-state index in [4.69, 9.17) is 11.0 Å². The topological polar surface area (TPSA) is 86.8 Å². The van der Waals surface area contributed by atoms with Gasteiger partial charge in [0.15, 0.2) is 0 Å². The standard InChI is InChI=1S/C22H27N3O4/c1-22(2,3)24-10-8-13(9-11-24)14-4-5-15-16(12-14)21(29)25(20(15)28)17-6-7-18(26)23-19(17)27/h4-5,12-13,17H,6-11H2,1-3H3,(H,23,26,27)/t17-/m0/s1/i8D2,9D2,10D2,11D2. The first-order valence-electron chi connectivity index (χ1n) is 13.3. The summed E-state index contributed by atoms with van der Waals surface area (Å²) in [6.07, 6.45) is -6.12. The molecule has 7 nitrogen and oxygen atoms in total. The first-order valence-corrected chi connectivity index (χ1v) is 9.35. The van der Waals surface area contributed by atoms with Gasteiger partial charge in [0.05, 0.1) is 11.1 Å². The molecule has 4 amide bonds. The summed E-state index contributed by atoms with van der Waals surface area (Å²) in [5.74, 6) is -5.05. The molecule has 1 N–H and O–H groups in total. The van der Waals surface area contributed by atoms with Crippen LogP contribution in [-0.2, 0) is 9.59 Å². The van der Waals surface area contributed by atoms with Crippen LogP contribution in [0.15, 0.2) is 18.2 Å².